The molecule has 1 heterocycles. The van der Waals surface area contributed by atoms with Gasteiger partial charge in [-0.1, -0.05) is 6.07 Å². The van der Waals surface area contributed by atoms with E-state index in [0.717, 1.165) is 5.56 Å². The molecular weight excluding hydrogens is 345 g/mol. The largest absolute Gasteiger partial charge is 0.322 e. The van der Waals surface area contributed by atoms with Crippen molar-refractivity contribution >= 4 is 23.2 Å². The second-order valence-electron chi connectivity index (χ2n) is 6.14. The predicted octanol–water partition coefficient (Wildman–Crippen LogP) is 4.34. The van der Waals surface area contributed by atoms with Gasteiger partial charge in [0.25, 0.3) is 11.8 Å². The van der Waals surface area contributed by atoms with Gasteiger partial charge < -0.3 is 10.6 Å². The Morgan fingerprint density at radius 3 is 2.37 bits per heavy atom. The molecule has 3 rings (SSSR count). The molecule has 0 aliphatic heterocycles. The predicted molar refractivity (Wildman–Crippen MR) is 102 cm³/mol. The number of rotatable bonds is 4. The van der Waals surface area contributed by atoms with Crippen LogP contribution >= 0.6 is 0 Å². The van der Waals surface area contributed by atoms with Crippen molar-refractivity contribution in [3.8, 4) is 0 Å². The van der Waals surface area contributed by atoms with Crippen LogP contribution in [0.4, 0.5) is 15.8 Å². The molecule has 0 aliphatic rings. The van der Waals surface area contributed by atoms with Gasteiger partial charge in [-0.15, -0.1) is 0 Å². The third-order valence-electron chi connectivity index (χ3n) is 4.08. The highest BCUT2D eigenvalue weighted by molar-refractivity contribution is 6.08. The molecule has 0 radical (unpaired) electrons. The van der Waals surface area contributed by atoms with Crippen molar-refractivity contribution in [2.45, 2.75) is 13.8 Å². The molecule has 0 atom stereocenters. The topological polar surface area (TPSA) is 71.1 Å². The average Bonchev–Trinajstić information content (AvgIpc) is 2.66. The SMILES string of the molecule is Cc1cc(C(=O)Nc2ccc(C)c(C(=O)Nc3cccnc3)c2)ccc1F. The van der Waals surface area contributed by atoms with Crippen LogP contribution in [0, 0.1) is 19.7 Å². The molecule has 1 aromatic heterocycles. The molecule has 0 unspecified atom stereocenters. The lowest BCUT2D eigenvalue weighted by atomic mass is 10.1. The number of carbonyl (C=O) groups excluding carboxylic acids is 2. The number of benzene rings is 2. The second-order valence-corrected chi connectivity index (χ2v) is 6.14. The number of carbonyl (C=O) groups is 2. The van der Waals surface area contributed by atoms with Gasteiger partial charge in [-0.05, 0) is 67.4 Å². The molecule has 0 spiro atoms. The van der Waals surface area contributed by atoms with Crippen LogP contribution in [0.3, 0.4) is 0 Å². The van der Waals surface area contributed by atoms with E-state index in [0.29, 0.717) is 28.1 Å². The summed E-state index contributed by atoms with van der Waals surface area (Å²) in [5, 5.41) is 5.51. The first-order valence-corrected chi connectivity index (χ1v) is 8.33. The zero-order valence-electron chi connectivity index (χ0n) is 14.9. The number of aryl methyl sites for hydroxylation is 2. The molecule has 0 saturated carbocycles. The van der Waals surface area contributed by atoms with Crippen molar-refractivity contribution < 1.29 is 14.0 Å². The standard InChI is InChI=1S/C21H18FN3O2/c1-13-5-7-16(24-20(26)15-6-8-19(22)14(2)10-15)11-18(13)21(27)25-17-4-3-9-23-12-17/h3-12H,1-2H3,(H,24,26)(H,25,27). The van der Waals surface area contributed by atoms with E-state index in [1.807, 2.05) is 6.92 Å². The highest BCUT2D eigenvalue weighted by Gasteiger charge is 2.13. The number of nitrogens with zero attached hydrogens (tertiary/aromatic N) is 1. The fourth-order valence-corrected chi connectivity index (χ4v) is 2.57. The number of aromatic nitrogens is 1. The minimum Gasteiger partial charge on any atom is -0.322 e. The fourth-order valence-electron chi connectivity index (χ4n) is 2.57. The van der Waals surface area contributed by atoms with Gasteiger partial charge in [-0.3, -0.25) is 14.6 Å². The van der Waals surface area contributed by atoms with Crippen LogP contribution in [-0.2, 0) is 0 Å². The van der Waals surface area contributed by atoms with Crippen LogP contribution < -0.4 is 10.6 Å². The molecule has 0 aliphatic carbocycles. The smallest absolute Gasteiger partial charge is 0.256 e. The molecule has 3 aromatic rings. The quantitative estimate of drug-likeness (QED) is 0.724. The van der Waals surface area contributed by atoms with Gasteiger partial charge in [-0.2, -0.15) is 0 Å². The first-order chi connectivity index (χ1) is 12.9. The van der Waals surface area contributed by atoms with Gasteiger partial charge in [0.05, 0.1) is 11.9 Å². The van der Waals surface area contributed by atoms with Gasteiger partial charge in [-0.25, -0.2) is 4.39 Å². The maximum atomic E-state index is 13.4. The van der Waals surface area contributed by atoms with E-state index in [1.165, 1.54) is 18.2 Å². The van der Waals surface area contributed by atoms with Crippen LogP contribution in [0.25, 0.3) is 0 Å². The first-order valence-electron chi connectivity index (χ1n) is 8.33. The Kier molecular flexibility index (Phi) is 5.26. The Labute approximate surface area is 156 Å². The van der Waals surface area contributed by atoms with E-state index < -0.39 is 0 Å². The van der Waals surface area contributed by atoms with Crippen LogP contribution in [0.1, 0.15) is 31.8 Å². The summed E-state index contributed by atoms with van der Waals surface area (Å²) < 4.78 is 13.4. The Bertz CT molecular complexity index is 1000. The van der Waals surface area contributed by atoms with Gasteiger partial charge in [0.1, 0.15) is 5.82 Å². The molecular formula is C21H18FN3O2. The summed E-state index contributed by atoms with van der Waals surface area (Å²) in [6, 6.07) is 12.7. The number of halogens is 1. The maximum absolute atomic E-state index is 13.4. The highest BCUT2D eigenvalue weighted by Crippen LogP contribution is 2.19. The summed E-state index contributed by atoms with van der Waals surface area (Å²) in [6.45, 7) is 3.41. The monoisotopic (exact) mass is 363 g/mol. The molecule has 2 aromatic carbocycles. The second kappa shape index (κ2) is 7.78. The minimum atomic E-state index is -0.374. The van der Waals surface area contributed by atoms with E-state index >= 15 is 0 Å². The molecule has 6 heteroatoms. The summed E-state index contributed by atoms with van der Waals surface area (Å²) >= 11 is 0. The van der Waals surface area contributed by atoms with Gasteiger partial charge >= 0.3 is 0 Å². The third kappa shape index (κ3) is 4.36. The van der Waals surface area contributed by atoms with Crippen molar-refractivity contribution in [3.63, 3.8) is 0 Å². The Morgan fingerprint density at radius 2 is 1.67 bits per heavy atom. The number of anilines is 2. The van der Waals surface area contributed by atoms with Crippen LogP contribution in [0.15, 0.2) is 60.9 Å². The van der Waals surface area contributed by atoms with Crippen molar-refractivity contribution in [2.75, 3.05) is 10.6 Å². The van der Waals surface area contributed by atoms with E-state index in [2.05, 4.69) is 15.6 Å². The third-order valence-corrected chi connectivity index (χ3v) is 4.08. The summed E-state index contributed by atoms with van der Waals surface area (Å²) in [6.07, 6.45) is 3.17. The summed E-state index contributed by atoms with van der Waals surface area (Å²) in [4.78, 5) is 28.9. The molecule has 0 fully saturated rings. The molecule has 0 saturated heterocycles. The zero-order valence-corrected chi connectivity index (χ0v) is 14.9. The lowest BCUT2D eigenvalue weighted by molar-refractivity contribution is 0.101. The van der Waals surface area contributed by atoms with E-state index in [1.54, 1.807) is 49.6 Å². The number of nitrogens with one attached hydrogen (secondary N) is 2. The lowest BCUT2D eigenvalue weighted by Gasteiger charge is -2.11. The van der Waals surface area contributed by atoms with Crippen LogP contribution in [-0.4, -0.2) is 16.8 Å². The molecule has 27 heavy (non-hydrogen) atoms. The van der Waals surface area contributed by atoms with Gasteiger partial charge in [0.2, 0.25) is 0 Å². The normalized spacial score (nSPS) is 10.3. The molecule has 5 nitrogen and oxygen atoms in total. The van der Waals surface area contributed by atoms with Crippen molar-refractivity contribution in [3.05, 3.63) is 89.0 Å². The minimum absolute atomic E-state index is 0.297. The fraction of sp³-hybridized carbons (Fsp3) is 0.0952. The number of pyridine rings is 1. The number of hydrogen-bond donors (Lipinski definition) is 2. The lowest BCUT2D eigenvalue weighted by Crippen LogP contribution is -2.16. The summed E-state index contributed by atoms with van der Waals surface area (Å²) in [7, 11) is 0. The van der Waals surface area contributed by atoms with Crippen molar-refractivity contribution in [2.24, 2.45) is 0 Å². The number of hydrogen-bond acceptors (Lipinski definition) is 3. The number of amides is 2. The highest BCUT2D eigenvalue weighted by atomic mass is 19.1. The molecule has 2 amide bonds. The van der Waals surface area contributed by atoms with E-state index in [4.69, 9.17) is 0 Å². The van der Waals surface area contributed by atoms with Gasteiger partial charge in [0.15, 0.2) is 0 Å². The Hall–Kier alpha value is -3.54. The van der Waals surface area contributed by atoms with Crippen molar-refractivity contribution in [1.29, 1.82) is 0 Å². The summed E-state index contributed by atoms with van der Waals surface area (Å²) in [5.41, 5.74) is 3.00. The van der Waals surface area contributed by atoms with Crippen LogP contribution in [0.2, 0.25) is 0 Å². The molecule has 0 bridgehead atoms. The summed E-state index contributed by atoms with van der Waals surface area (Å²) in [5.74, 6) is -1.04. The van der Waals surface area contributed by atoms with Gasteiger partial charge in [0, 0.05) is 23.0 Å². The van der Waals surface area contributed by atoms with E-state index in [9.17, 15) is 14.0 Å². The first kappa shape index (κ1) is 18.3. The average molecular weight is 363 g/mol. The van der Waals surface area contributed by atoms with Crippen LogP contribution in [0.5, 0.6) is 0 Å². The van der Waals surface area contributed by atoms with E-state index in [-0.39, 0.29) is 17.6 Å². The Morgan fingerprint density at radius 1 is 0.889 bits per heavy atom. The van der Waals surface area contributed by atoms with Crippen molar-refractivity contribution in [1.82, 2.24) is 4.98 Å². The zero-order chi connectivity index (χ0) is 19.4. The molecule has 136 valence electrons. The maximum Gasteiger partial charge on any atom is 0.256 e. The molecule has 2 N–H and O–H groups in total. The Balaban J connectivity index is 1.79.